The quantitative estimate of drug-likeness (QED) is 0.718. The van der Waals surface area contributed by atoms with Crippen LogP contribution in [-0.4, -0.2) is 44.7 Å². The van der Waals surface area contributed by atoms with Crippen LogP contribution in [0.1, 0.15) is 5.56 Å². The Morgan fingerprint density at radius 3 is 2.50 bits per heavy atom. The maximum Gasteiger partial charge on any atom is 0.269 e. The van der Waals surface area contributed by atoms with Gasteiger partial charge in [0.15, 0.2) is 0 Å². The number of benzene rings is 2. The van der Waals surface area contributed by atoms with Crippen molar-refractivity contribution in [1.29, 1.82) is 0 Å². The Balaban J connectivity index is 1.99. The van der Waals surface area contributed by atoms with Gasteiger partial charge in [-0.05, 0) is 48.4 Å². The molecule has 0 saturated carbocycles. The van der Waals surface area contributed by atoms with Crippen LogP contribution in [0, 0.1) is 11.7 Å². The smallest absolute Gasteiger partial charge is 0.269 e. The lowest BCUT2D eigenvalue weighted by atomic mass is 9.98. The molecule has 0 radical (unpaired) electrons. The number of sulfonamides is 1. The molecule has 2 aromatic rings. The fraction of sp³-hybridized carbons (Fsp3) is 0.263. The SMILES string of the molecule is COc1ccc(Cl)cc1CC1CNC(=O)CN(S(=O)(=O)c2ccc(Cl)cc2F)C1=O. The van der Waals surface area contributed by atoms with E-state index >= 15 is 0 Å². The molecule has 3 rings (SSSR count). The van der Waals surface area contributed by atoms with Crippen molar-refractivity contribution in [2.45, 2.75) is 11.3 Å². The summed E-state index contributed by atoms with van der Waals surface area (Å²) in [4.78, 5) is 24.5. The minimum Gasteiger partial charge on any atom is -0.496 e. The van der Waals surface area contributed by atoms with Crippen molar-refractivity contribution in [2.24, 2.45) is 5.92 Å². The molecule has 0 bridgehead atoms. The van der Waals surface area contributed by atoms with E-state index in [2.05, 4.69) is 5.32 Å². The lowest BCUT2D eigenvalue weighted by Gasteiger charge is -2.23. The molecule has 1 fully saturated rings. The molecule has 0 aromatic heterocycles. The molecule has 1 unspecified atom stereocenters. The second kappa shape index (κ2) is 8.79. The molecule has 30 heavy (non-hydrogen) atoms. The van der Waals surface area contributed by atoms with Crippen molar-refractivity contribution in [1.82, 2.24) is 9.62 Å². The summed E-state index contributed by atoms with van der Waals surface area (Å²) in [5, 5.41) is 2.92. The van der Waals surface area contributed by atoms with Crippen LogP contribution in [0.4, 0.5) is 4.39 Å². The fourth-order valence-electron chi connectivity index (χ4n) is 3.13. The Bertz CT molecular complexity index is 1110. The maximum atomic E-state index is 14.3. The van der Waals surface area contributed by atoms with Gasteiger partial charge in [-0.3, -0.25) is 9.59 Å². The van der Waals surface area contributed by atoms with Gasteiger partial charge in [0.2, 0.25) is 11.8 Å². The third-order valence-corrected chi connectivity index (χ3v) is 6.85. The first-order valence-electron chi connectivity index (χ1n) is 8.74. The van der Waals surface area contributed by atoms with Crippen LogP contribution in [-0.2, 0) is 26.0 Å². The molecular formula is C19H17Cl2FN2O5S. The van der Waals surface area contributed by atoms with Crippen LogP contribution in [0.25, 0.3) is 0 Å². The number of halogens is 3. The monoisotopic (exact) mass is 474 g/mol. The zero-order chi connectivity index (χ0) is 22.1. The van der Waals surface area contributed by atoms with Gasteiger partial charge in [-0.25, -0.2) is 17.1 Å². The fourth-order valence-corrected chi connectivity index (χ4v) is 4.94. The molecule has 2 amide bonds. The summed E-state index contributed by atoms with van der Waals surface area (Å²) in [6, 6.07) is 7.80. The van der Waals surface area contributed by atoms with Gasteiger partial charge in [-0.2, -0.15) is 0 Å². The molecule has 2 aromatic carbocycles. The average molecular weight is 475 g/mol. The van der Waals surface area contributed by atoms with Crippen molar-refractivity contribution in [3.63, 3.8) is 0 Å². The van der Waals surface area contributed by atoms with E-state index in [0.29, 0.717) is 20.6 Å². The van der Waals surface area contributed by atoms with Gasteiger partial charge >= 0.3 is 0 Å². The molecule has 1 N–H and O–H groups in total. The van der Waals surface area contributed by atoms with E-state index in [4.69, 9.17) is 27.9 Å². The van der Waals surface area contributed by atoms with Gasteiger partial charge in [0.25, 0.3) is 10.0 Å². The lowest BCUT2D eigenvalue weighted by Crippen LogP contribution is -2.42. The summed E-state index contributed by atoms with van der Waals surface area (Å²) in [6.07, 6.45) is 0.0535. The molecule has 1 aliphatic heterocycles. The highest BCUT2D eigenvalue weighted by Gasteiger charge is 2.39. The second-order valence-electron chi connectivity index (χ2n) is 6.59. The first-order chi connectivity index (χ1) is 14.1. The number of nitrogens with one attached hydrogen (secondary N) is 1. The van der Waals surface area contributed by atoms with Crippen molar-refractivity contribution in [3.8, 4) is 5.75 Å². The summed E-state index contributed by atoms with van der Waals surface area (Å²) in [6.45, 7) is -0.852. The highest BCUT2D eigenvalue weighted by molar-refractivity contribution is 7.89. The highest BCUT2D eigenvalue weighted by Crippen LogP contribution is 2.28. The van der Waals surface area contributed by atoms with Crippen molar-refractivity contribution in [2.75, 3.05) is 20.2 Å². The standard InChI is InChI=1S/C19H17Cl2FN2O5S/c1-29-16-4-2-13(20)7-11(16)6-12-9-23-18(25)10-24(19(12)26)30(27,28)17-5-3-14(21)8-15(17)22/h2-5,7-8,12H,6,9-10H2,1H3,(H,23,25). The molecule has 11 heteroatoms. The summed E-state index contributed by atoms with van der Waals surface area (Å²) >= 11 is 11.7. The number of nitrogens with zero attached hydrogens (tertiary/aromatic N) is 1. The van der Waals surface area contributed by atoms with E-state index in [1.165, 1.54) is 13.2 Å². The number of carbonyl (C=O) groups excluding carboxylic acids is 2. The largest absolute Gasteiger partial charge is 0.496 e. The van der Waals surface area contributed by atoms with E-state index in [0.717, 1.165) is 12.1 Å². The first kappa shape index (κ1) is 22.3. The summed E-state index contributed by atoms with van der Waals surface area (Å²) in [7, 11) is -3.18. The van der Waals surface area contributed by atoms with E-state index < -0.39 is 45.0 Å². The molecular weight excluding hydrogens is 458 g/mol. The molecule has 7 nitrogen and oxygen atoms in total. The van der Waals surface area contributed by atoms with Gasteiger partial charge < -0.3 is 10.1 Å². The maximum absolute atomic E-state index is 14.3. The number of rotatable bonds is 5. The molecule has 0 aliphatic carbocycles. The molecule has 0 spiro atoms. The summed E-state index contributed by atoms with van der Waals surface area (Å²) in [5.41, 5.74) is 0.564. The van der Waals surface area contributed by atoms with Crippen LogP contribution in [0.2, 0.25) is 10.0 Å². The third kappa shape index (κ3) is 4.53. The first-order valence-corrected chi connectivity index (χ1v) is 10.9. The van der Waals surface area contributed by atoms with Crippen LogP contribution in [0.15, 0.2) is 41.3 Å². The predicted octanol–water partition coefficient (Wildman–Crippen LogP) is 2.65. The van der Waals surface area contributed by atoms with Gasteiger partial charge in [-0.15, -0.1) is 0 Å². The third-order valence-electron chi connectivity index (χ3n) is 4.60. The Morgan fingerprint density at radius 1 is 1.17 bits per heavy atom. The number of amides is 2. The Kier molecular flexibility index (Phi) is 6.54. The van der Waals surface area contributed by atoms with Crippen molar-refractivity contribution in [3.05, 3.63) is 57.8 Å². The van der Waals surface area contributed by atoms with E-state index in [1.807, 2.05) is 0 Å². The number of methoxy groups -OCH3 is 1. The number of carbonyl (C=O) groups is 2. The van der Waals surface area contributed by atoms with Crippen LogP contribution >= 0.6 is 23.2 Å². The van der Waals surface area contributed by atoms with Gasteiger partial charge in [0.1, 0.15) is 23.0 Å². The van der Waals surface area contributed by atoms with Gasteiger partial charge in [-0.1, -0.05) is 23.2 Å². The van der Waals surface area contributed by atoms with E-state index in [-0.39, 0.29) is 18.0 Å². The molecule has 160 valence electrons. The molecule has 1 heterocycles. The Morgan fingerprint density at radius 2 is 1.83 bits per heavy atom. The van der Waals surface area contributed by atoms with Crippen LogP contribution < -0.4 is 10.1 Å². The minimum absolute atomic E-state index is 0.00249. The predicted molar refractivity (Wildman–Crippen MR) is 109 cm³/mol. The number of ether oxygens (including phenoxy) is 1. The topological polar surface area (TPSA) is 92.8 Å². The minimum atomic E-state index is -4.63. The molecule has 1 aliphatic rings. The second-order valence-corrected chi connectivity index (χ2v) is 9.29. The lowest BCUT2D eigenvalue weighted by molar-refractivity contribution is -0.131. The van der Waals surface area contributed by atoms with Crippen LogP contribution in [0.5, 0.6) is 5.75 Å². The molecule has 1 saturated heterocycles. The van der Waals surface area contributed by atoms with E-state index in [1.54, 1.807) is 18.2 Å². The highest BCUT2D eigenvalue weighted by atomic mass is 35.5. The zero-order valence-electron chi connectivity index (χ0n) is 15.7. The van der Waals surface area contributed by atoms with Crippen molar-refractivity contribution >= 4 is 45.0 Å². The van der Waals surface area contributed by atoms with E-state index in [9.17, 15) is 22.4 Å². The Labute approximate surface area is 182 Å². The summed E-state index contributed by atoms with van der Waals surface area (Å²) < 4.78 is 45.9. The number of hydrogen-bond acceptors (Lipinski definition) is 5. The normalized spacial score (nSPS) is 17.5. The average Bonchev–Trinajstić information content (AvgIpc) is 2.81. The summed E-state index contributed by atoms with van der Waals surface area (Å²) in [5.74, 6) is -3.12. The Hall–Kier alpha value is -2.36. The van der Waals surface area contributed by atoms with Gasteiger partial charge in [0.05, 0.1) is 13.0 Å². The zero-order valence-corrected chi connectivity index (χ0v) is 18.0. The molecule has 1 atom stereocenters. The van der Waals surface area contributed by atoms with Crippen LogP contribution in [0.3, 0.4) is 0 Å². The van der Waals surface area contributed by atoms with Crippen molar-refractivity contribution < 1.29 is 27.1 Å². The van der Waals surface area contributed by atoms with Gasteiger partial charge in [0, 0.05) is 16.6 Å². The number of hydrogen-bond donors (Lipinski definition) is 1.